The van der Waals surface area contributed by atoms with E-state index in [4.69, 9.17) is 0 Å². The second kappa shape index (κ2) is 8.41. The van der Waals surface area contributed by atoms with E-state index in [1.54, 1.807) is 0 Å². The number of rotatable bonds is 7. The van der Waals surface area contributed by atoms with Crippen molar-refractivity contribution in [1.29, 1.82) is 0 Å². The van der Waals surface area contributed by atoms with Crippen molar-refractivity contribution in [2.24, 2.45) is 0 Å². The highest BCUT2D eigenvalue weighted by molar-refractivity contribution is 7.80. The largest absolute Gasteiger partial charge is 0.393 e. The third kappa shape index (κ3) is 8.21. The molecule has 2 heteroatoms. The summed E-state index contributed by atoms with van der Waals surface area (Å²) in [6.45, 7) is 2.03. The van der Waals surface area contributed by atoms with E-state index < -0.39 is 0 Å². The molecule has 1 unspecified atom stereocenters. The summed E-state index contributed by atoms with van der Waals surface area (Å²) in [5.41, 5.74) is 0. The first-order valence-corrected chi connectivity index (χ1v) is 5.23. The summed E-state index contributed by atoms with van der Waals surface area (Å²) in [4.78, 5) is 0. The molecule has 0 aliphatic rings. The Morgan fingerprint density at radius 3 is 2.36 bits per heavy atom. The summed E-state index contributed by atoms with van der Waals surface area (Å²) in [6.07, 6.45) is 6.70. The molecule has 0 saturated carbocycles. The van der Waals surface area contributed by atoms with Crippen molar-refractivity contribution < 1.29 is 5.11 Å². The van der Waals surface area contributed by atoms with Crippen LogP contribution in [0.3, 0.4) is 0 Å². The summed E-state index contributed by atoms with van der Waals surface area (Å²) in [6, 6.07) is 0. The fourth-order valence-electron chi connectivity index (χ4n) is 1.05. The normalized spacial score (nSPS) is 13.4. The smallest absolute Gasteiger partial charge is 0.0537 e. The monoisotopic (exact) mass is 176 g/mol. The Hall–Kier alpha value is 0.310. The molecular weight excluding hydrogens is 156 g/mol. The molecule has 1 nitrogen and oxygen atoms in total. The zero-order valence-electron chi connectivity index (χ0n) is 7.42. The van der Waals surface area contributed by atoms with Crippen molar-refractivity contribution in [1.82, 2.24) is 0 Å². The SMILES string of the molecule is CCC(O)CCCCCCS. The number of unbranched alkanes of at least 4 members (excludes halogenated alkanes) is 3. The van der Waals surface area contributed by atoms with Crippen LogP contribution in [0, 0.1) is 0 Å². The lowest BCUT2D eigenvalue weighted by Crippen LogP contribution is -2.03. The number of thiol groups is 1. The van der Waals surface area contributed by atoms with Gasteiger partial charge in [-0.3, -0.25) is 0 Å². The molecule has 0 rings (SSSR count). The maximum Gasteiger partial charge on any atom is 0.0537 e. The van der Waals surface area contributed by atoms with Crippen LogP contribution in [-0.4, -0.2) is 17.0 Å². The van der Waals surface area contributed by atoms with Gasteiger partial charge >= 0.3 is 0 Å². The fraction of sp³-hybridized carbons (Fsp3) is 1.00. The van der Waals surface area contributed by atoms with E-state index in [0.29, 0.717) is 0 Å². The molecule has 11 heavy (non-hydrogen) atoms. The van der Waals surface area contributed by atoms with E-state index in [1.165, 1.54) is 25.7 Å². The molecule has 0 fully saturated rings. The van der Waals surface area contributed by atoms with E-state index in [1.807, 2.05) is 6.92 Å². The molecule has 68 valence electrons. The van der Waals surface area contributed by atoms with Gasteiger partial charge in [0.05, 0.1) is 6.10 Å². The zero-order valence-corrected chi connectivity index (χ0v) is 8.32. The average Bonchev–Trinajstić information content (AvgIpc) is 2.04. The molecule has 1 atom stereocenters. The summed E-state index contributed by atoms with van der Waals surface area (Å²) in [5.74, 6) is 0.996. The van der Waals surface area contributed by atoms with Crippen LogP contribution in [-0.2, 0) is 0 Å². The van der Waals surface area contributed by atoms with Gasteiger partial charge in [-0.25, -0.2) is 0 Å². The Bertz CT molecular complexity index is 76.0. The first-order valence-electron chi connectivity index (χ1n) is 4.60. The number of hydrogen-bond donors (Lipinski definition) is 2. The van der Waals surface area contributed by atoms with Gasteiger partial charge in [0.1, 0.15) is 0 Å². The van der Waals surface area contributed by atoms with Gasteiger partial charge in [0, 0.05) is 0 Å². The molecule has 1 N–H and O–H groups in total. The Balaban J connectivity index is 2.89. The maximum absolute atomic E-state index is 9.20. The molecule has 0 spiro atoms. The van der Waals surface area contributed by atoms with E-state index in [2.05, 4.69) is 12.6 Å². The molecule has 0 heterocycles. The van der Waals surface area contributed by atoms with Crippen LogP contribution in [0.15, 0.2) is 0 Å². The topological polar surface area (TPSA) is 20.2 Å². The van der Waals surface area contributed by atoms with Crippen LogP contribution in [0.25, 0.3) is 0 Å². The number of hydrogen-bond acceptors (Lipinski definition) is 2. The van der Waals surface area contributed by atoms with Crippen molar-refractivity contribution in [2.75, 3.05) is 5.75 Å². The van der Waals surface area contributed by atoms with Gasteiger partial charge in [0.15, 0.2) is 0 Å². The van der Waals surface area contributed by atoms with Crippen molar-refractivity contribution in [3.05, 3.63) is 0 Å². The van der Waals surface area contributed by atoms with Crippen LogP contribution in [0.5, 0.6) is 0 Å². The van der Waals surface area contributed by atoms with Gasteiger partial charge in [0.25, 0.3) is 0 Å². The highest BCUT2D eigenvalue weighted by Crippen LogP contribution is 2.07. The highest BCUT2D eigenvalue weighted by Gasteiger charge is 1.98. The molecule has 0 aromatic heterocycles. The molecule has 0 amide bonds. The second-order valence-electron chi connectivity index (χ2n) is 2.99. The average molecular weight is 176 g/mol. The molecule has 0 bridgehead atoms. The molecule has 0 aromatic rings. The van der Waals surface area contributed by atoms with Gasteiger partial charge in [-0.05, 0) is 25.0 Å². The van der Waals surface area contributed by atoms with Gasteiger partial charge < -0.3 is 5.11 Å². The fourth-order valence-corrected chi connectivity index (χ4v) is 1.27. The Labute approximate surface area is 75.6 Å². The predicted octanol–water partition coefficient (Wildman–Crippen LogP) is 2.64. The van der Waals surface area contributed by atoms with Gasteiger partial charge in [0.2, 0.25) is 0 Å². The van der Waals surface area contributed by atoms with Crippen LogP contribution >= 0.6 is 12.6 Å². The summed E-state index contributed by atoms with van der Waals surface area (Å²) in [5, 5.41) is 9.20. The minimum atomic E-state index is -0.0639. The van der Waals surface area contributed by atoms with E-state index in [9.17, 15) is 5.11 Å². The summed E-state index contributed by atoms with van der Waals surface area (Å²) in [7, 11) is 0. The zero-order chi connectivity index (χ0) is 8.53. The van der Waals surface area contributed by atoms with Crippen LogP contribution < -0.4 is 0 Å². The Kier molecular flexibility index (Phi) is 8.64. The van der Waals surface area contributed by atoms with Gasteiger partial charge in [-0.1, -0.05) is 26.2 Å². The summed E-state index contributed by atoms with van der Waals surface area (Å²) >= 11 is 4.13. The Morgan fingerprint density at radius 2 is 1.82 bits per heavy atom. The third-order valence-electron chi connectivity index (χ3n) is 1.92. The minimum Gasteiger partial charge on any atom is -0.393 e. The predicted molar refractivity (Wildman–Crippen MR) is 53.2 cm³/mol. The first-order chi connectivity index (χ1) is 5.31. The highest BCUT2D eigenvalue weighted by atomic mass is 32.1. The van der Waals surface area contributed by atoms with E-state index >= 15 is 0 Å². The van der Waals surface area contributed by atoms with E-state index in [0.717, 1.165) is 18.6 Å². The lowest BCUT2D eigenvalue weighted by atomic mass is 10.1. The third-order valence-corrected chi connectivity index (χ3v) is 2.23. The number of aliphatic hydroxyl groups excluding tert-OH is 1. The summed E-state index contributed by atoms with van der Waals surface area (Å²) < 4.78 is 0. The molecular formula is C9H20OS. The Morgan fingerprint density at radius 1 is 1.18 bits per heavy atom. The van der Waals surface area contributed by atoms with Crippen molar-refractivity contribution >= 4 is 12.6 Å². The van der Waals surface area contributed by atoms with Crippen LogP contribution in [0.4, 0.5) is 0 Å². The molecule has 0 aliphatic heterocycles. The van der Waals surface area contributed by atoms with Crippen molar-refractivity contribution in [3.8, 4) is 0 Å². The lowest BCUT2D eigenvalue weighted by Gasteiger charge is -2.05. The second-order valence-corrected chi connectivity index (χ2v) is 3.44. The number of aliphatic hydroxyl groups is 1. The lowest BCUT2D eigenvalue weighted by molar-refractivity contribution is 0.156. The maximum atomic E-state index is 9.20. The molecule has 0 aromatic carbocycles. The van der Waals surface area contributed by atoms with Gasteiger partial charge in [-0.2, -0.15) is 12.6 Å². The minimum absolute atomic E-state index is 0.0639. The standard InChI is InChI=1S/C9H20OS/c1-2-9(10)7-5-3-4-6-8-11/h9-11H,2-8H2,1H3. The van der Waals surface area contributed by atoms with Gasteiger partial charge in [-0.15, -0.1) is 0 Å². The molecule has 0 radical (unpaired) electrons. The van der Waals surface area contributed by atoms with Crippen LogP contribution in [0.1, 0.15) is 45.4 Å². The quantitative estimate of drug-likeness (QED) is 0.451. The van der Waals surface area contributed by atoms with E-state index in [-0.39, 0.29) is 6.10 Å². The van der Waals surface area contributed by atoms with Crippen LogP contribution in [0.2, 0.25) is 0 Å². The molecule has 0 saturated heterocycles. The van der Waals surface area contributed by atoms with Crippen molar-refractivity contribution in [2.45, 2.75) is 51.6 Å². The van der Waals surface area contributed by atoms with Crippen molar-refractivity contribution in [3.63, 3.8) is 0 Å². The first kappa shape index (κ1) is 11.3. The molecule has 0 aliphatic carbocycles.